The van der Waals surface area contributed by atoms with Crippen LogP contribution in [0.15, 0.2) is 54.6 Å². The predicted octanol–water partition coefficient (Wildman–Crippen LogP) is 4.90. The maximum Gasteiger partial charge on any atom is 0.410 e. The van der Waals surface area contributed by atoms with Crippen molar-refractivity contribution >= 4 is 29.2 Å². The molecule has 2 aliphatic heterocycles. The maximum absolute atomic E-state index is 12.6. The van der Waals surface area contributed by atoms with Crippen molar-refractivity contribution in [2.24, 2.45) is 0 Å². The molecule has 3 aromatic rings. The van der Waals surface area contributed by atoms with Crippen LogP contribution in [0.5, 0.6) is 0 Å². The number of amides is 1. The Morgan fingerprint density at radius 3 is 2.57 bits per heavy atom. The van der Waals surface area contributed by atoms with Crippen molar-refractivity contribution in [3.8, 4) is 0 Å². The molecule has 1 fully saturated rings. The molecule has 1 atom stereocenters. The molecule has 3 aliphatic rings. The number of rotatable bonds is 4. The number of benzene rings is 2. The number of anilines is 2. The largest absolute Gasteiger partial charge is 0.445 e. The quantitative estimate of drug-likeness (QED) is 0.459. The van der Waals surface area contributed by atoms with Crippen LogP contribution in [-0.4, -0.2) is 59.7 Å². The zero-order valence-electron chi connectivity index (χ0n) is 21.0. The molecule has 37 heavy (non-hydrogen) atoms. The first-order valence-electron chi connectivity index (χ1n) is 13.3. The molecule has 1 amide bonds. The number of piperazine rings is 1. The van der Waals surface area contributed by atoms with Crippen LogP contribution in [0.4, 0.5) is 16.3 Å². The molecule has 7 nitrogen and oxygen atoms in total. The van der Waals surface area contributed by atoms with Crippen LogP contribution >= 0.6 is 11.6 Å². The molecule has 192 valence electrons. The highest BCUT2D eigenvalue weighted by molar-refractivity contribution is 6.28. The summed E-state index contributed by atoms with van der Waals surface area (Å²) >= 11 is 6.45. The van der Waals surface area contributed by atoms with Crippen molar-refractivity contribution in [2.45, 2.75) is 44.8 Å². The molecule has 0 N–H and O–H groups in total. The summed E-state index contributed by atoms with van der Waals surface area (Å²) in [4.78, 5) is 28.6. The van der Waals surface area contributed by atoms with Crippen LogP contribution in [0.25, 0.3) is 0 Å². The van der Waals surface area contributed by atoms with E-state index >= 15 is 0 Å². The van der Waals surface area contributed by atoms with Gasteiger partial charge in [-0.2, -0.15) is 0 Å². The lowest BCUT2D eigenvalue weighted by Crippen LogP contribution is -2.49. The Bertz CT molecular complexity index is 1260. The molecule has 0 bridgehead atoms. The fraction of sp³-hybridized carbons (Fsp3) is 0.414. The first kappa shape index (κ1) is 24.0. The van der Waals surface area contributed by atoms with Gasteiger partial charge in [-0.1, -0.05) is 48.5 Å². The smallest absolute Gasteiger partial charge is 0.410 e. The molecule has 1 aliphatic carbocycles. The minimum Gasteiger partial charge on any atom is -0.445 e. The summed E-state index contributed by atoms with van der Waals surface area (Å²) in [5.74, 6) is 0.935. The van der Waals surface area contributed by atoms with Gasteiger partial charge in [0.1, 0.15) is 12.4 Å². The molecule has 0 spiro atoms. The summed E-state index contributed by atoms with van der Waals surface area (Å²) in [7, 11) is 0. The van der Waals surface area contributed by atoms with Gasteiger partial charge in [-0.15, -0.1) is 0 Å². The van der Waals surface area contributed by atoms with Crippen molar-refractivity contribution in [1.82, 2.24) is 14.9 Å². The van der Waals surface area contributed by atoms with Gasteiger partial charge in [0.15, 0.2) is 0 Å². The molecular weight excluding hydrogens is 486 g/mol. The number of aryl methyl sites for hydroxylation is 1. The highest BCUT2D eigenvalue weighted by Gasteiger charge is 2.32. The monoisotopic (exact) mass is 517 g/mol. The van der Waals surface area contributed by atoms with E-state index in [1.165, 1.54) is 23.2 Å². The fourth-order valence-corrected chi connectivity index (χ4v) is 6.11. The van der Waals surface area contributed by atoms with Gasteiger partial charge in [-0.25, -0.2) is 14.8 Å². The van der Waals surface area contributed by atoms with E-state index < -0.39 is 0 Å². The van der Waals surface area contributed by atoms with Crippen molar-refractivity contribution in [1.29, 1.82) is 0 Å². The molecule has 1 unspecified atom stereocenters. The van der Waals surface area contributed by atoms with Crippen LogP contribution in [0.1, 0.15) is 35.2 Å². The molecule has 0 saturated carbocycles. The highest BCUT2D eigenvalue weighted by Crippen LogP contribution is 2.36. The van der Waals surface area contributed by atoms with E-state index in [9.17, 15) is 4.79 Å². The third kappa shape index (κ3) is 5.10. The van der Waals surface area contributed by atoms with E-state index in [0.717, 1.165) is 49.3 Å². The van der Waals surface area contributed by atoms with Crippen molar-refractivity contribution in [3.63, 3.8) is 0 Å². The van der Waals surface area contributed by atoms with Gasteiger partial charge < -0.3 is 19.4 Å². The second kappa shape index (κ2) is 10.6. The Kier molecular flexibility index (Phi) is 6.87. The standard InChI is InChI=1S/C29H32ClN5O2/c30-28-31-25-19-23(35-14-6-10-22-9-4-5-11-26(22)35)12-13-24(25)27(32-28)33-15-17-34(18-16-33)29(36)37-20-21-7-2-1-3-8-21/h1-5,7-9,11,23H,6,10,12-20H2. The molecular formula is C29H32ClN5O2. The lowest BCUT2D eigenvalue weighted by Gasteiger charge is -2.41. The van der Waals surface area contributed by atoms with Gasteiger partial charge in [0.05, 0.1) is 5.69 Å². The normalized spacial score (nSPS) is 19.3. The summed E-state index contributed by atoms with van der Waals surface area (Å²) in [5.41, 5.74) is 6.09. The van der Waals surface area contributed by atoms with Gasteiger partial charge in [0.25, 0.3) is 0 Å². The predicted molar refractivity (Wildman–Crippen MR) is 145 cm³/mol. The Labute approximate surface area is 223 Å². The third-order valence-electron chi connectivity index (χ3n) is 7.83. The number of nitrogens with zero attached hydrogens (tertiary/aromatic N) is 5. The van der Waals surface area contributed by atoms with E-state index in [1.54, 1.807) is 4.90 Å². The summed E-state index contributed by atoms with van der Waals surface area (Å²) in [6, 6.07) is 19.0. The van der Waals surface area contributed by atoms with Crippen molar-refractivity contribution < 1.29 is 9.53 Å². The first-order valence-corrected chi connectivity index (χ1v) is 13.6. The topological polar surface area (TPSA) is 61.8 Å². The summed E-state index contributed by atoms with van der Waals surface area (Å²) < 4.78 is 5.53. The van der Waals surface area contributed by atoms with E-state index in [4.69, 9.17) is 16.3 Å². The maximum atomic E-state index is 12.6. The third-order valence-corrected chi connectivity index (χ3v) is 8.00. The SMILES string of the molecule is O=C(OCc1ccccc1)N1CCN(c2nc(Cl)nc3c2CCC(N2CCCc4ccccc42)C3)CC1. The van der Waals surface area contributed by atoms with Gasteiger partial charge in [0.2, 0.25) is 5.28 Å². The molecule has 6 rings (SSSR count). The number of hydrogen-bond acceptors (Lipinski definition) is 6. The average molecular weight is 518 g/mol. The number of para-hydroxylation sites is 1. The van der Waals surface area contributed by atoms with Crippen molar-refractivity contribution in [2.75, 3.05) is 42.5 Å². The number of ether oxygens (including phenoxy) is 1. The van der Waals surface area contributed by atoms with E-state index in [0.29, 0.717) is 37.5 Å². The Hall–Kier alpha value is -3.32. The van der Waals surface area contributed by atoms with Crippen LogP contribution in [-0.2, 0) is 30.6 Å². The van der Waals surface area contributed by atoms with Gasteiger partial charge in [-0.3, -0.25) is 0 Å². The second-order valence-corrected chi connectivity index (χ2v) is 10.4. The Morgan fingerprint density at radius 2 is 1.73 bits per heavy atom. The molecule has 3 heterocycles. The Balaban J connectivity index is 1.12. The van der Waals surface area contributed by atoms with E-state index in [1.807, 2.05) is 30.3 Å². The minimum atomic E-state index is -0.268. The summed E-state index contributed by atoms with van der Waals surface area (Å²) in [6.45, 7) is 3.96. The highest BCUT2D eigenvalue weighted by atomic mass is 35.5. The number of halogens is 1. The van der Waals surface area contributed by atoms with Crippen LogP contribution in [0.3, 0.4) is 0 Å². The lowest BCUT2D eigenvalue weighted by molar-refractivity contribution is 0.0941. The van der Waals surface area contributed by atoms with Crippen LogP contribution < -0.4 is 9.80 Å². The molecule has 0 radical (unpaired) electrons. The van der Waals surface area contributed by atoms with Crippen LogP contribution in [0.2, 0.25) is 5.28 Å². The van der Waals surface area contributed by atoms with Crippen molar-refractivity contribution in [3.05, 3.63) is 82.3 Å². The number of carbonyl (C=O) groups is 1. The minimum absolute atomic E-state index is 0.268. The fourth-order valence-electron chi connectivity index (χ4n) is 5.93. The van der Waals surface area contributed by atoms with Gasteiger partial charge in [0, 0.05) is 56.4 Å². The Morgan fingerprint density at radius 1 is 0.946 bits per heavy atom. The number of aromatic nitrogens is 2. The molecule has 1 saturated heterocycles. The molecule has 8 heteroatoms. The lowest BCUT2D eigenvalue weighted by atomic mass is 9.88. The number of carbonyl (C=O) groups excluding carboxylic acids is 1. The summed E-state index contributed by atoms with van der Waals surface area (Å²) in [6.07, 6.45) is 4.96. The zero-order chi connectivity index (χ0) is 25.2. The molecule has 1 aromatic heterocycles. The van der Waals surface area contributed by atoms with E-state index in [-0.39, 0.29) is 12.7 Å². The second-order valence-electron chi connectivity index (χ2n) is 10.1. The van der Waals surface area contributed by atoms with Gasteiger partial charge in [-0.05, 0) is 54.5 Å². The number of hydrogen-bond donors (Lipinski definition) is 0. The van der Waals surface area contributed by atoms with E-state index in [2.05, 4.69) is 44.0 Å². The first-order chi connectivity index (χ1) is 18.2. The molecule has 2 aromatic carbocycles. The van der Waals surface area contributed by atoms with Crippen LogP contribution in [0, 0.1) is 0 Å². The van der Waals surface area contributed by atoms with Gasteiger partial charge >= 0.3 is 6.09 Å². The number of fused-ring (bicyclic) bond motifs is 2. The zero-order valence-corrected chi connectivity index (χ0v) is 21.7. The summed E-state index contributed by atoms with van der Waals surface area (Å²) in [5, 5.41) is 0.304. The average Bonchev–Trinajstić information content (AvgIpc) is 2.95.